The molecule has 12 atom stereocenters. The molecule has 3 fully saturated rings. The number of rotatable bonds is 17. The second kappa shape index (κ2) is 23.9. The molecule has 0 bridgehead atoms. The third-order valence-electron chi connectivity index (χ3n) is 18.5. The van der Waals surface area contributed by atoms with E-state index in [0.29, 0.717) is 25.0 Å². The second-order valence-corrected chi connectivity index (χ2v) is 26.1. The number of nitrogens with zero attached hydrogens (tertiary/aromatic N) is 2. The quantitative estimate of drug-likeness (QED) is 0.103. The third-order valence-corrected chi connectivity index (χ3v) is 18.5. The van der Waals surface area contributed by atoms with Gasteiger partial charge in [-0.25, -0.2) is 0 Å². The number of hydrogen-bond acceptors (Lipinski definition) is 10. The average molecular weight is 1080 g/mol. The van der Waals surface area contributed by atoms with E-state index in [9.17, 15) is 28.8 Å². The predicted octanol–water partition coefficient (Wildman–Crippen LogP) is 5.25. The van der Waals surface area contributed by atoms with Crippen molar-refractivity contribution in [2.45, 2.75) is 201 Å². The number of amides is 7. The summed E-state index contributed by atoms with van der Waals surface area (Å²) >= 11 is 0. The molecule has 2 aliphatic heterocycles. The second-order valence-electron chi connectivity index (χ2n) is 26.1. The lowest BCUT2D eigenvalue weighted by Gasteiger charge is -2.42. The van der Waals surface area contributed by atoms with Crippen molar-refractivity contribution in [3.05, 3.63) is 83.1 Å². The molecular weight excluding hydrogens is 985 g/mol. The first-order valence-corrected chi connectivity index (χ1v) is 28.7. The van der Waals surface area contributed by atoms with E-state index >= 15 is 4.79 Å². The fourth-order valence-electron chi connectivity index (χ4n) is 12.9. The van der Waals surface area contributed by atoms with Gasteiger partial charge in [-0.15, -0.1) is 0 Å². The standard InChI is InChI=1S/C61H92N10O7/c1-35(64-40-31-47(53(74)66-45-27-19-23-38-21-15-17-25-42(38)45)70(33-40)55(76)49(58(4,5)6)68-51(72)36(2)62-13)44-29-30-61(12,60(44,10)11)57(78)65-41-32-48(54(75)67-46-28-20-24-39-22-16-18-26-43(39)46)71(34-41)56(77)50(59(7,8)9)69-52(73)37(3)63-14/h15-18,21-22,25-26,36-37,40-41,44-50,62-64H,1,19-20,23-24,27-34H2,2-14H3,(H,65,78)(H,66,74)(H,67,75)(H,68,72)(H,69,73)/t36-,37-,40-,41-,44+,45+,46+,47-,48-,49+,50+,61-/m0/s1. The number of hydrogen-bond donors (Lipinski definition) is 8. The molecule has 1 saturated carbocycles. The van der Waals surface area contributed by atoms with Gasteiger partial charge in [0.05, 0.1) is 29.6 Å². The SMILES string of the molecule is C=C(N[C@H]1C[C@@H](C(=O)N[C@@H]2CCCc3ccccc32)N(C(=O)[C@@H](NC(=O)[C@H](C)NC)C(C)(C)C)C1)[C@H]1CC[C@@](C)(C(=O)N[C@H]2C[C@@H](C(=O)N[C@@H]3CCCc4ccccc43)N(C(=O)[C@@H](NC(=O)[C@H](C)NC)C(C)(C)C)C2)C1(C)C. The molecule has 17 heteroatoms. The topological polar surface area (TPSA) is 222 Å². The van der Waals surface area contributed by atoms with Gasteiger partial charge in [-0.3, -0.25) is 33.6 Å². The molecule has 2 aromatic rings. The Kier molecular flexibility index (Phi) is 18.3. The highest BCUT2D eigenvalue weighted by atomic mass is 16.2. The van der Waals surface area contributed by atoms with Gasteiger partial charge in [-0.05, 0) is 131 Å². The summed E-state index contributed by atoms with van der Waals surface area (Å²) in [5.41, 5.74) is 2.31. The van der Waals surface area contributed by atoms with Crippen molar-refractivity contribution in [1.82, 2.24) is 52.3 Å². The van der Waals surface area contributed by atoms with Gasteiger partial charge >= 0.3 is 0 Å². The highest BCUT2D eigenvalue weighted by Crippen LogP contribution is 2.58. The maximum absolute atomic E-state index is 15.0. The summed E-state index contributed by atoms with van der Waals surface area (Å²) in [6.07, 6.45) is 6.90. The van der Waals surface area contributed by atoms with Crippen LogP contribution in [0.1, 0.15) is 162 Å². The number of likely N-dealkylation sites (N-methyl/N-ethyl adjacent to an activating group) is 2. The van der Waals surface area contributed by atoms with Crippen LogP contribution in [0.2, 0.25) is 0 Å². The molecule has 2 heterocycles. The molecular formula is C61H92N10O7. The van der Waals surface area contributed by atoms with Crippen molar-refractivity contribution in [2.24, 2.45) is 27.6 Å². The molecule has 3 aliphatic carbocycles. The zero-order chi connectivity index (χ0) is 57.2. The fourth-order valence-corrected chi connectivity index (χ4v) is 12.9. The summed E-state index contributed by atoms with van der Waals surface area (Å²) in [5, 5.41) is 25.5. The first-order valence-electron chi connectivity index (χ1n) is 28.7. The molecule has 0 aromatic heterocycles. The maximum atomic E-state index is 15.0. The van der Waals surface area contributed by atoms with Gasteiger partial charge in [0.1, 0.15) is 24.2 Å². The Balaban J connectivity index is 1.09. The lowest BCUT2D eigenvalue weighted by Crippen LogP contribution is -2.59. The normalized spacial score (nSPS) is 27.2. The molecule has 8 N–H and O–H groups in total. The largest absolute Gasteiger partial charge is 0.384 e. The minimum Gasteiger partial charge on any atom is -0.384 e. The van der Waals surface area contributed by atoms with Crippen LogP contribution in [0.25, 0.3) is 0 Å². The molecule has 5 aliphatic rings. The van der Waals surface area contributed by atoms with Crippen LogP contribution in [0.15, 0.2) is 60.8 Å². The van der Waals surface area contributed by atoms with Crippen LogP contribution in [0.4, 0.5) is 0 Å². The third kappa shape index (κ3) is 12.6. The Morgan fingerprint density at radius 3 is 1.42 bits per heavy atom. The molecule has 0 radical (unpaired) electrons. The molecule has 2 aromatic carbocycles. The number of carbonyl (C=O) groups is 7. The lowest BCUT2D eigenvalue weighted by molar-refractivity contribution is -0.144. The van der Waals surface area contributed by atoms with Crippen LogP contribution in [-0.4, -0.2) is 127 Å². The van der Waals surface area contributed by atoms with Crippen LogP contribution < -0.4 is 42.5 Å². The fraction of sp³-hybridized carbons (Fsp3) is 0.656. The van der Waals surface area contributed by atoms with Crippen LogP contribution in [0.3, 0.4) is 0 Å². The molecule has 7 rings (SSSR count). The number of benzene rings is 2. The van der Waals surface area contributed by atoms with E-state index in [1.54, 1.807) is 37.7 Å². The van der Waals surface area contributed by atoms with E-state index in [1.807, 2.05) is 78.8 Å². The van der Waals surface area contributed by atoms with Gasteiger partial charge in [0, 0.05) is 36.8 Å². The predicted molar refractivity (Wildman–Crippen MR) is 303 cm³/mol. The zero-order valence-electron chi connectivity index (χ0n) is 48.9. The minimum absolute atomic E-state index is 0.0787. The van der Waals surface area contributed by atoms with Crippen LogP contribution >= 0.6 is 0 Å². The van der Waals surface area contributed by atoms with Gasteiger partial charge in [0.2, 0.25) is 41.4 Å². The van der Waals surface area contributed by atoms with Gasteiger partial charge in [0.25, 0.3) is 0 Å². The van der Waals surface area contributed by atoms with Gasteiger partial charge in [0.15, 0.2) is 0 Å². The smallest absolute Gasteiger partial charge is 0.246 e. The van der Waals surface area contributed by atoms with Crippen LogP contribution in [-0.2, 0) is 46.4 Å². The summed E-state index contributed by atoms with van der Waals surface area (Å²) in [5.74, 6) is -2.30. The highest BCUT2D eigenvalue weighted by Gasteiger charge is 2.58. The number of nitrogens with one attached hydrogen (secondary N) is 8. The Morgan fingerprint density at radius 1 is 0.603 bits per heavy atom. The molecule has 428 valence electrons. The molecule has 0 unspecified atom stereocenters. The minimum atomic E-state index is -0.955. The van der Waals surface area contributed by atoms with Crippen molar-refractivity contribution in [2.75, 3.05) is 27.2 Å². The Morgan fingerprint density at radius 2 is 1.01 bits per heavy atom. The molecule has 2 saturated heterocycles. The van der Waals surface area contributed by atoms with E-state index in [2.05, 4.69) is 81.2 Å². The van der Waals surface area contributed by atoms with E-state index in [4.69, 9.17) is 0 Å². The zero-order valence-corrected chi connectivity index (χ0v) is 48.9. The first kappa shape index (κ1) is 59.8. The number of likely N-dealkylation sites (tertiary alicyclic amines) is 2. The molecule has 0 spiro atoms. The van der Waals surface area contributed by atoms with E-state index in [-0.39, 0.29) is 84.9 Å². The van der Waals surface area contributed by atoms with Crippen molar-refractivity contribution in [3.8, 4) is 0 Å². The van der Waals surface area contributed by atoms with Crippen LogP contribution in [0.5, 0.6) is 0 Å². The average Bonchev–Trinajstić information content (AvgIpc) is 4.12. The van der Waals surface area contributed by atoms with Gasteiger partial charge in [-0.1, -0.05) is 117 Å². The van der Waals surface area contributed by atoms with Crippen molar-refractivity contribution in [3.63, 3.8) is 0 Å². The number of carbonyl (C=O) groups excluding carboxylic acids is 7. The monoisotopic (exact) mass is 1080 g/mol. The van der Waals surface area contributed by atoms with E-state index in [0.717, 1.165) is 49.7 Å². The van der Waals surface area contributed by atoms with E-state index in [1.165, 1.54) is 11.1 Å². The summed E-state index contributed by atoms with van der Waals surface area (Å²) in [6.45, 7) is 25.8. The van der Waals surface area contributed by atoms with E-state index < -0.39 is 64.0 Å². The van der Waals surface area contributed by atoms with Gasteiger partial charge in [-0.2, -0.15) is 0 Å². The van der Waals surface area contributed by atoms with Crippen molar-refractivity contribution in [1.29, 1.82) is 0 Å². The first-order chi connectivity index (χ1) is 36.6. The van der Waals surface area contributed by atoms with Crippen molar-refractivity contribution < 1.29 is 33.6 Å². The highest BCUT2D eigenvalue weighted by molar-refractivity contribution is 5.95. The summed E-state index contributed by atoms with van der Waals surface area (Å²) in [4.78, 5) is 104. The lowest BCUT2D eigenvalue weighted by atomic mass is 9.64. The molecule has 17 nitrogen and oxygen atoms in total. The Bertz CT molecular complexity index is 2590. The summed E-state index contributed by atoms with van der Waals surface area (Å²) in [7, 11) is 3.37. The molecule has 7 amide bonds. The number of allylic oxidation sites excluding steroid dienone is 1. The maximum Gasteiger partial charge on any atom is 0.246 e. The summed E-state index contributed by atoms with van der Waals surface area (Å²) in [6, 6.07) is 10.2. The van der Waals surface area contributed by atoms with Gasteiger partial charge < -0.3 is 52.3 Å². The Labute approximate surface area is 464 Å². The molecule has 78 heavy (non-hydrogen) atoms. The number of aryl methyl sites for hydroxylation is 2. The Hall–Kier alpha value is -5.81. The summed E-state index contributed by atoms with van der Waals surface area (Å²) < 4.78 is 0. The number of fused-ring (bicyclic) bond motifs is 2. The van der Waals surface area contributed by atoms with Crippen molar-refractivity contribution >= 4 is 41.4 Å². The van der Waals surface area contributed by atoms with Crippen LogP contribution in [0, 0.1) is 27.6 Å².